The van der Waals surface area contributed by atoms with E-state index < -0.39 is 0 Å². The van der Waals surface area contributed by atoms with Crippen LogP contribution in [0.15, 0.2) is 188 Å². The number of thiophene rings is 1. The third-order valence-corrected chi connectivity index (χ3v) is 11.2. The zero-order valence-electron chi connectivity index (χ0n) is 27.3. The fourth-order valence-electron chi connectivity index (χ4n) is 7.68. The third-order valence-electron chi connectivity index (χ3n) is 10.0. The van der Waals surface area contributed by atoms with Gasteiger partial charge in [-0.25, -0.2) is 0 Å². The molecule has 0 saturated carbocycles. The molecule has 10 rings (SSSR count). The number of hydrogen-bond acceptors (Lipinski definition) is 2. The summed E-state index contributed by atoms with van der Waals surface area (Å²) >= 11 is 1.90. The Labute approximate surface area is 294 Å². The van der Waals surface area contributed by atoms with E-state index >= 15 is 0 Å². The lowest BCUT2D eigenvalue weighted by Crippen LogP contribution is -2.10. The van der Waals surface area contributed by atoms with E-state index in [1.165, 1.54) is 74.7 Å². The summed E-state index contributed by atoms with van der Waals surface area (Å²) in [5.74, 6) is 0. The quantitative estimate of drug-likeness (QED) is 0.167. The summed E-state index contributed by atoms with van der Waals surface area (Å²) in [6.45, 7) is 0. The van der Waals surface area contributed by atoms with E-state index in [4.69, 9.17) is 0 Å². The van der Waals surface area contributed by atoms with Crippen molar-refractivity contribution in [3.63, 3.8) is 0 Å². The molecule has 0 saturated heterocycles. The minimum Gasteiger partial charge on any atom is -0.310 e. The third kappa shape index (κ3) is 4.69. The number of benzene rings is 9. The Morgan fingerprint density at radius 3 is 1.78 bits per heavy atom. The number of fused-ring (bicyclic) bond motifs is 8. The molecule has 10 aromatic rings. The Hall–Kier alpha value is -6.22. The van der Waals surface area contributed by atoms with E-state index in [1.54, 1.807) is 0 Å². The fraction of sp³-hybridized carbons (Fsp3) is 0. The molecule has 0 bridgehead atoms. The van der Waals surface area contributed by atoms with Crippen molar-refractivity contribution in [3.8, 4) is 22.3 Å². The minimum atomic E-state index is 1.12. The Bertz CT molecular complexity index is 2870. The van der Waals surface area contributed by atoms with Gasteiger partial charge in [-0.3, -0.25) is 0 Å². The molecule has 0 aliphatic rings. The molecule has 50 heavy (non-hydrogen) atoms. The maximum absolute atomic E-state index is 2.43. The summed E-state index contributed by atoms with van der Waals surface area (Å²) < 4.78 is 2.68. The van der Waals surface area contributed by atoms with E-state index in [9.17, 15) is 0 Å². The van der Waals surface area contributed by atoms with Crippen LogP contribution in [0.1, 0.15) is 0 Å². The summed E-state index contributed by atoms with van der Waals surface area (Å²) in [6, 6.07) is 68.7. The van der Waals surface area contributed by atoms with E-state index in [0.717, 1.165) is 17.1 Å². The van der Waals surface area contributed by atoms with Crippen molar-refractivity contribution in [1.29, 1.82) is 0 Å². The average Bonchev–Trinajstić information content (AvgIpc) is 3.59. The van der Waals surface area contributed by atoms with E-state index in [2.05, 4.69) is 193 Å². The second-order valence-corrected chi connectivity index (χ2v) is 14.0. The van der Waals surface area contributed by atoms with Crippen molar-refractivity contribution in [1.82, 2.24) is 0 Å². The van der Waals surface area contributed by atoms with Crippen LogP contribution in [0.2, 0.25) is 0 Å². The Morgan fingerprint density at radius 1 is 0.360 bits per heavy atom. The molecular formula is C48H31NS. The molecule has 0 fully saturated rings. The van der Waals surface area contributed by atoms with Crippen molar-refractivity contribution in [2.24, 2.45) is 0 Å². The molecule has 0 spiro atoms. The lowest BCUT2D eigenvalue weighted by atomic mass is 9.95. The molecule has 0 N–H and O–H groups in total. The first kappa shape index (κ1) is 28.8. The van der Waals surface area contributed by atoms with Gasteiger partial charge in [0, 0.05) is 36.9 Å². The van der Waals surface area contributed by atoms with Gasteiger partial charge in [0.2, 0.25) is 0 Å². The molecule has 0 aliphatic carbocycles. The molecule has 234 valence electrons. The largest absolute Gasteiger partial charge is 0.310 e. The summed E-state index contributed by atoms with van der Waals surface area (Å²) in [6.07, 6.45) is 0. The topological polar surface area (TPSA) is 3.24 Å². The van der Waals surface area contributed by atoms with Crippen molar-refractivity contribution >= 4 is 80.9 Å². The second kappa shape index (κ2) is 11.7. The van der Waals surface area contributed by atoms with Crippen LogP contribution in [0, 0.1) is 0 Å². The molecule has 1 nitrogen and oxygen atoms in total. The van der Waals surface area contributed by atoms with Crippen LogP contribution in [0.4, 0.5) is 17.1 Å². The van der Waals surface area contributed by atoms with Crippen molar-refractivity contribution in [2.45, 2.75) is 0 Å². The highest BCUT2D eigenvalue weighted by atomic mass is 32.1. The molecule has 0 radical (unpaired) electrons. The first-order valence-corrected chi connectivity index (χ1v) is 17.9. The van der Waals surface area contributed by atoms with Crippen LogP contribution < -0.4 is 4.90 Å². The zero-order chi connectivity index (χ0) is 33.0. The maximum Gasteiger partial charge on any atom is 0.0546 e. The van der Waals surface area contributed by atoms with Crippen LogP contribution in [-0.4, -0.2) is 0 Å². The Kier molecular flexibility index (Phi) is 6.75. The highest BCUT2D eigenvalue weighted by Gasteiger charge is 2.19. The number of hydrogen-bond donors (Lipinski definition) is 0. The molecule has 2 heteroatoms. The molecule has 9 aromatic carbocycles. The predicted octanol–water partition coefficient (Wildman–Crippen LogP) is 14.3. The molecule has 0 unspecified atom stereocenters. The molecule has 1 aromatic heterocycles. The summed E-state index contributed by atoms with van der Waals surface area (Å²) in [5.41, 5.74) is 8.29. The van der Waals surface area contributed by atoms with E-state index in [0.29, 0.717) is 0 Å². The molecule has 0 amide bonds. The number of nitrogens with zero attached hydrogens (tertiary/aromatic N) is 1. The maximum atomic E-state index is 2.43. The van der Waals surface area contributed by atoms with Gasteiger partial charge >= 0.3 is 0 Å². The molecule has 1 heterocycles. The smallest absolute Gasteiger partial charge is 0.0546 e. The van der Waals surface area contributed by atoms with Gasteiger partial charge in [0.05, 0.1) is 5.69 Å². The van der Waals surface area contributed by atoms with Crippen molar-refractivity contribution in [3.05, 3.63) is 188 Å². The van der Waals surface area contributed by atoms with Crippen molar-refractivity contribution < 1.29 is 0 Å². The van der Waals surface area contributed by atoms with Crippen molar-refractivity contribution in [2.75, 3.05) is 4.90 Å². The Morgan fingerprint density at radius 2 is 0.980 bits per heavy atom. The standard InChI is InChI=1S/C48H31NS/c1-2-13-32(14-3-1)34-17-12-18-38(29-34)49(45-31-36-16-4-6-19-39(36)41-21-8-9-22-42(41)45)37-27-25-33(26-28-37)44-30-35-15-5-7-20-40(35)48-47(44)43-23-10-11-24-46(43)50-48/h1-31H. The number of anilines is 3. The molecular weight excluding hydrogens is 623 g/mol. The predicted molar refractivity (Wildman–Crippen MR) is 217 cm³/mol. The van der Waals surface area contributed by atoms with Gasteiger partial charge in [0.1, 0.15) is 0 Å². The van der Waals surface area contributed by atoms with E-state index in [-0.39, 0.29) is 0 Å². The lowest BCUT2D eigenvalue weighted by Gasteiger charge is -2.28. The van der Waals surface area contributed by atoms with Crippen LogP contribution in [-0.2, 0) is 0 Å². The fourth-order valence-corrected chi connectivity index (χ4v) is 8.94. The summed E-state index contributed by atoms with van der Waals surface area (Å²) in [5, 5.41) is 10.2. The lowest BCUT2D eigenvalue weighted by molar-refractivity contribution is 1.30. The SMILES string of the molecule is c1ccc(-c2cccc(N(c3ccc(-c4cc5ccccc5c5sc6ccccc6c45)cc3)c3cc4ccccc4c4ccccc34)c2)cc1. The molecule has 0 atom stereocenters. The normalized spacial score (nSPS) is 11.6. The highest BCUT2D eigenvalue weighted by Crippen LogP contribution is 2.46. The highest BCUT2D eigenvalue weighted by molar-refractivity contribution is 7.26. The van der Waals surface area contributed by atoms with Gasteiger partial charge < -0.3 is 4.90 Å². The van der Waals surface area contributed by atoms with Crippen LogP contribution in [0.5, 0.6) is 0 Å². The monoisotopic (exact) mass is 653 g/mol. The van der Waals surface area contributed by atoms with Gasteiger partial charge in [-0.15, -0.1) is 11.3 Å². The van der Waals surface area contributed by atoms with Gasteiger partial charge in [0.15, 0.2) is 0 Å². The van der Waals surface area contributed by atoms with Gasteiger partial charge in [0.25, 0.3) is 0 Å². The summed E-state index contributed by atoms with van der Waals surface area (Å²) in [4.78, 5) is 2.43. The van der Waals surface area contributed by atoms with Gasteiger partial charge in [-0.05, 0) is 91.6 Å². The first-order chi connectivity index (χ1) is 24.8. The van der Waals surface area contributed by atoms with Gasteiger partial charge in [-0.1, -0.05) is 146 Å². The summed E-state index contributed by atoms with van der Waals surface area (Å²) in [7, 11) is 0. The first-order valence-electron chi connectivity index (χ1n) is 17.1. The van der Waals surface area contributed by atoms with E-state index in [1.807, 2.05) is 11.3 Å². The zero-order valence-corrected chi connectivity index (χ0v) is 28.1. The minimum absolute atomic E-state index is 1.12. The second-order valence-electron chi connectivity index (χ2n) is 12.9. The van der Waals surface area contributed by atoms with Crippen LogP contribution in [0.3, 0.4) is 0 Å². The van der Waals surface area contributed by atoms with Crippen LogP contribution >= 0.6 is 11.3 Å². The van der Waals surface area contributed by atoms with Gasteiger partial charge in [-0.2, -0.15) is 0 Å². The van der Waals surface area contributed by atoms with Crippen LogP contribution in [0.25, 0.3) is 74.7 Å². The Balaban J connectivity index is 1.20. The number of rotatable bonds is 5. The average molecular weight is 654 g/mol. The molecule has 0 aliphatic heterocycles.